The normalized spacial score (nSPS) is 16.8. The highest BCUT2D eigenvalue weighted by Crippen LogP contribution is 2.27. The van der Waals surface area contributed by atoms with Gasteiger partial charge in [0, 0.05) is 38.4 Å². The molecule has 0 bridgehead atoms. The third kappa shape index (κ3) is 3.15. The Balaban J connectivity index is 1.83. The molecule has 1 N–H and O–H groups in total. The third-order valence-electron chi connectivity index (χ3n) is 4.18. The van der Waals surface area contributed by atoms with Gasteiger partial charge in [-0.05, 0) is 25.5 Å². The number of pyridine rings is 1. The topological polar surface area (TPSA) is 80.1 Å². The Morgan fingerprint density at radius 3 is 2.83 bits per heavy atom. The molecule has 1 atom stereocenters. The maximum absolute atomic E-state index is 12.8. The summed E-state index contributed by atoms with van der Waals surface area (Å²) in [6.07, 6.45) is 5.11. The fourth-order valence-corrected chi connectivity index (χ4v) is 2.84. The van der Waals surface area contributed by atoms with Gasteiger partial charge in [-0.2, -0.15) is 5.10 Å². The van der Waals surface area contributed by atoms with Crippen LogP contribution in [0, 0.1) is 0 Å². The number of fused-ring (bicyclic) bond motifs is 1. The zero-order chi connectivity index (χ0) is 17.3. The molecule has 0 spiro atoms. The van der Waals surface area contributed by atoms with Crippen LogP contribution in [0.2, 0.25) is 0 Å². The second-order valence-electron chi connectivity index (χ2n) is 6.29. The first-order valence-corrected chi connectivity index (χ1v) is 8.00. The molecule has 1 aliphatic rings. The van der Waals surface area contributed by atoms with E-state index in [9.17, 15) is 9.59 Å². The van der Waals surface area contributed by atoms with E-state index < -0.39 is 5.92 Å². The van der Waals surface area contributed by atoms with Crippen LogP contribution >= 0.6 is 0 Å². The zero-order valence-corrected chi connectivity index (χ0v) is 14.1. The maximum atomic E-state index is 12.8. The van der Waals surface area contributed by atoms with Crippen molar-refractivity contribution in [3.63, 3.8) is 0 Å². The van der Waals surface area contributed by atoms with Crippen molar-refractivity contribution in [3.8, 4) is 0 Å². The highest BCUT2D eigenvalue weighted by molar-refractivity contribution is 5.96. The molecular formula is C17H21N5O2. The number of carbonyl (C=O) groups is 2. The van der Waals surface area contributed by atoms with Crippen LogP contribution in [0.4, 0.5) is 5.69 Å². The Hall–Kier alpha value is -2.70. The van der Waals surface area contributed by atoms with E-state index in [1.165, 1.54) is 6.92 Å². The lowest BCUT2D eigenvalue weighted by atomic mass is 9.94. The molecule has 0 fully saturated rings. The number of nitrogens with zero attached hydrogens (tertiary/aromatic N) is 4. The summed E-state index contributed by atoms with van der Waals surface area (Å²) in [7, 11) is 0. The molecule has 0 saturated carbocycles. The molecule has 0 saturated heterocycles. The van der Waals surface area contributed by atoms with E-state index in [1.54, 1.807) is 28.2 Å². The van der Waals surface area contributed by atoms with Crippen LogP contribution in [0.5, 0.6) is 0 Å². The molecule has 24 heavy (non-hydrogen) atoms. The van der Waals surface area contributed by atoms with Gasteiger partial charge in [-0.1, -0.05) is 6.07 Å². The second-order valence-corrected chi connectivity index (χ2v) is 6.29. The lowest BCUT2D eigenvalue weighted by Gasteiger charge is -2.32. The molecule has 7 nitrogen and oxygen atoms in total. The number of nitrogens with one attached hydrogen (secondary N) is 1. The Kier molecular flexibility index (Phi) is 4.33. The van der Waals surface area contributed by atoms with Crippen LogP contribution in [-0.2, 0) is 16.1 Å². The van der Waals surface area contributed by atoms with Crippen LogP contribution < -0.4 is 5.32 Å². The summed E-state index contributed by atoms with van der Waals surface area (Å²) >= 11 is 0. The lowest BCUT2D eigenvalue weighted by Crippen LogP contribution is -2.41. The molecule has 2 aromatic rings. The SMILES string of the molecule is CC(=O)N1Cc2cccnc2C(C(=O)Nc2cnn(C(C)C)c2)C1. The van der Waals surface area contributed by atoms with Crippen molar-refractivity contribution in [1.82, 2.24) is 19.7 Å². The summed E-state index contributed by atoms with van der Waals surface area (Å²) in [5.41, 5.74) is 2.30. The van der Waals surface area contributed by atoms with E-state index in [1.807, 2.05) is 26.0 Å². The minimum atomic E-state index is -0.485. The van der Waals surface area contributed by atoms with E-state index in [-0.39, 0.29) is 17.9 Å². The Bertz CT molecular complexity index is 768. The monoisotopic (exact) mass is 327 g/mol. The van der Waals surface area contributed by atoms with Gasteiger partial charge < -0.3 is 10.2 Å². The first kappa shape index (κ1) is 16.2. The van der Waals surface area contributed by atoms with E-state index in [0.29, 0.717) is 18.8 Å². The quantitative estimate of drug-likeness (QED) is 0.934. The van der Waals surface area contributed by atoms with Gasteiger partial charge in [0.25, 0.3) is 0 Å². The number of rotatable bonds is 3. The average Bonchev–Trinajstić information content (AvgIpc) is 3.02. The smallest absolute Gasteiger partial charge is 0.235 e. The molecule has 1 unspecified atom stereocenters. The van der Waals surface area contributed by atoms with Gasteiger partial charge in [0.1, 0.15) is 0 Å². The summed E-state index contributed by atoms with van der Waals surface area (Å²) in [4.78, 5) is 30.6. The Labute approximate surface area is 140 Å². The van der Waals surface area contributed by atoms with Gasteiger partial charge in [0.05, 0.1) is 23.5 Å². The average molecular weight is 327 g/mol. The van der Waals surface area contributed by atoms with Gasteiger partial charge in [-0.15, -0.1) is 0 Å². The van der Waals surface area contributed by atoms with Gasteiger partial charge in [0.15, 0.2) is 0 Å². The minimum absolute atomic E-state index is 0.0464. The minimum Gasteiger partial charge on any atom is -0.337 e. The number of aromatic nitrogens is 3. The summed E-state index contributed by atoms with van der Waals surface area (Å²) in [6, 6.07) is 3.96. The van der Waals surface area contributed by atoms with Crippen molar-refractivity contribution in [3.05, 3.63) is 42.0 Å². The van der Waals surface area contributed by atoms with E-state index in [2.05, 4.69) is 15.4 Å². The van der Waals surface area contributed by atoms with Crippen LogP contribution in [0.15, 0.2) is 30.7 Å². The molecule has 3 heterocycles. The van der Waals surface area contributed by atoms with Crippen molar-refractivity contribution in [2.45, 2.75) is 39.3 Å². The molecule has 1 aliphatic heterocycles. The fourth-order valence-electron chi connectivity index (χ4n) is 2.84. The maximum Gasteiger partial charge on any atom is 0.235 e. The molecule has 0 aromatic carbocycles. The number of hydrogen-bond acceptors (Lipinski definition) is 4. The second kappa shape index (κ2) is 6.43. The van der Waals surface area contributed by atoms with E-state index in [4.69, 9.17) is 0 Å². The molecule has 7 heteroatoms. The summed E-state index contributed by atoms with van der Waals surface area (Å²) in [5.74, 6) is -0.708. The highest BCUT2D eigenvalue weighted by atomic mass is 16.2. The number of amides is 2. The standard InChI is InChI=1S/C17H21N5O2/c1-11(2)22-9-14(7-19-22)20-17(24)15-10-21(12(3)23)8-13-5-4-6-18-16(13)15/h4-7,9,11,15H,8,10H2,1-3H3,(H,20,24). The molecule has 3 rings (SSSR count). The molecule has 0 aliphatic carbocycles. The highest BCUT2D eigenvalue weighted by Gasteiger charge is 2.32. The fraction of sp³-hybridized carbons (Fsp3) is 0.412. The van der Waals surface area contributed by atoms with Crippen LogP contribution in [0.1, 0.15) is 44.0 Å². The van der Waals surface area contributed by atoms with E-state index >= 15 is 0 Å². The molecule has 0 radical (unpaired) electrons. The number of carbonyl (C=O) groups excluding carboxylic acids is 2. The first-order valence-electron chi connectivity index (χ1n) is 8.00. The first-order chi connectivity index (χ1) is 11.5. The van der Waals surface area contributed by atoms with Gasteiger partial charge in [-0.3, -0.25) is 19.3 Å². The summed E-state index contributed by atoms with van der Waals surface area (Å²) in [6.45, 7) is 6.38. The predicted octanol–water partition coefficient (Wildman–Crippen LogP) is 1.94. The molecule has 126 valence electrons. The Morgan fingerprint density at radius 2 is 2.17 bits per heavy atom. The predicted molar refractivity (Wildman–Crippen MR) is 89.3 cm³/mol. The van der Waals surface area contributed by atoms with Crippen LogP contribution in [0.25, 0.3) is 0 Å². The summed E-state index contributed by atoms with van der Waals surface area (Å²) in [5, 5.41) is 7.11. The van der Waals surface area contributed by atoms with Crippen molar-refractivity contribution in [2.75, 3.05) is 11.9 Å². The van der Waals surface area contributed by atoms with Crippen molar-refractivity contribution >= 4 is 17.5 Å². The van der Waals surface area contributed by atoms with Crippen LogP contribution in [0.3, 0.4) is 0 Å². The van der Waals surface area contributed by atoms with Gasteiger partial charge >= 0.3 is 0 Å². The van der Waals surface area contributed by atoms with Crippen molar-refractivity contribution in [1.29, 1.82) is 0 Å². The Morgan fingerprint density at radius 1 is 1.38 bits per heavy atom. The number of hydrogen-bond donors (Lipinski definition) is 1. The zero-order valence-electron chi connectivity index (χ0n) is 14.1. The van der Waals surface area contributed by atoms with Gasteiger partial charge in [-0.25, -0.2) is 0 Å². The third-order valence-corrected chi connectivity index (χ3v) is 4.18. The van der Waals surface area contributed by atoms with E-state index in [0.717, 1.165) is 11.3 Å². The molecule has 2 aromatic heterocycles. The molecule has 2 amide bonds. The largest absolute Gasteiger partial charge is 0.337 e. The lowest BCUT2D eigenvalue weighted by molar-refractivity contribution is -0.131. The summed E-state index contributed by atoms with van der Waals surface area (Å²) < 4.78 is 1.78. The van der Waals surface area contributed by atoms with Crippen molar-refractivity contribution < 1.29 is 9.59 Å². The van der Waals surface area contributed by atoms with Gasteiger partial charge in [0.2, 0.25) is 11.8 Å². The molecular weight excluding hydrogens is 306 g/mol. The number of anilines is 1. The van der Waals surface area contributed by atoms with Crippen LogP contribution in [-0.4, -0.2) is 38.0 Å². The van der Waals surface area contributed by atoms with Crippen molar-refractivity contribution in [2.24, 2.45) is 0 Å².